The SMILES string of the molecule is CC(C)CCCCC(=O)O.CC(C)CCCCC(=O)O.OCc1ccc(CO)o1. The van der Waals surface area contributed by atoms with E-state index in [1.54, 1.807) is 12.1 Å². The van der Waals surface area contributed by atoms with E-state index in [4.69, 9.17) is 24.8 Å². The Balaban J connectivity index is 0. The molecule has 29 heavy (non-hydrogen) atoms. The summed E-state index contributed by atoms with van der Waals surface area (Å²) in [6, 6.07) is 3.26. The summed E-state index contributed by atoms with van der Waals surface area (Å²) in [5.41, 5.74) is 0. The van der Waals surface area contributed by atoms with Crippen LogP contribution in [0, 0.1) is 11.8 Å². The summed E-state index contributed by atoms with van der Waals surface area (Å²) in [5.74, 6) is 1.02. The van der Waals surface area contributed by atoms with Gasteiger partial charge in [0.2, 0.25) is 0 Å². The van der Waals surface area contributed by atoms with Gasteiger partial charge in [0.15, 0.2) is 0 Å². The van der Waals surface area contributed by atoms with Gasteiger partial charge in [0, 0.05) is 12.8 Å². The van der Waals surface area contributed by atoms with Gasteiger partial charge in [0.1, 0.15) is 24.7 Å². The number of hydrogen-bond donors (Lipinski definition) is 4. The Labute approximate surface area is 174 Å². The third-order valence-electron chi connectivity index (χ3n) is 3.87. The summed E-state index contributed by atoms with van der Waals surface area (Å²) >= 11 is 0. The summed E-state index contributed by atoms with van der Waals surface area (Å²) in [5, 5.41) is 33.5. The number of rotatable bonds is 12. The molecule has 7 nitrogen and oxygen atoms in total. The molecule has 4 N–H and O–H groups in total. The first-order valence-electron chi connectivity index (χ1n) is 10.3. The lowest BCUT2D eigenvalue weighted by Crippen LogP contribution is -1.94. The number of aliphatic hydroxyl groups is 2. The van der Waals surface area contributed by atoms with Crippen molar-refractivity contribution in [1.82, 2.24) is 0 Å². The first-order chi connectivity index (χ1) is 13.6. The minimum Gasteiger partial charge on any atom is -0.481 e. The Bertz CT molecular complexity index is 476. The summed E-state index contributed by atoms with van der Waals surface area (Å²) < 4.78 is 4.88. The van der Waals surface area contributed by atoms with Crippen molar-refractivity contribution in [2.24, 2.45) is 11.8 Å². The largest absolute Gasteiger partial charge is 0.481 e. The predicted octanol–water partition coefficient (Wildman–Crippen LogP) is 4.84. The van der Waals surface area contributed by atoms with Crippen molar-refractivity contribution < 1.29 is 34.4 Å². The molecule has 1 rings (SSSR count). The lowest BCUT2D eigenvalue weighted by Gasteiger charge is -2.01. The molecule has 0 atom stereocenters. The minimum absolute atomic E-state index is 0.111. The van der Waals surface area contributed by atoms with Crippen LogP contribution >= 0.6 is 0 Å². The van der Waals surface area contributed by atoms with Gasteiger partial charge in [-0.1, -0.05) is 53.4 Å². The Hall–Kier alpha value is -1.86. The maximum absolute atomic E-state index is 10.0. The summed E-state index contributed by atoms with van der Waals surface area (Å²) in [6.45, 7) is 8.39. The predicted molar refractivity (Wildman–Crippen MR) is 112 cm³/mol. The molecule has 1 aromatic heterocycles. The van der Waals surface area contributed by atoms with Crippen LogP contribution in [0.2, 0.25) is 0 Å². The van der Waals surface area contributed by atoms with Crippen LogP contribution in [0.4, 0.5) is 0 Å². The number of carboxylic acid groups (broad SMARTS) is 2. The molecule has 0 aliphatic heterocycles. The Morgan fingerprint density at radius 3 is 1.31 bits per heavy atom. The molecule has 0 aliphatic carbocycles. The topological polar surface area (TPSA) is 128 Å². The van der Waals surface area contributed by atoms with Gasteiger partial charge in [-0.05, 0) is 36.8 Å². The fourth-order valence-electron chi connectivity index (χ4n) is 2.25. The molecule has 0 spiro atoms. The van der Waals surface area contributed by atoms with E-state index in [9.17, 15) is 9.59 Å². The summed E-state index contributed by atoms with van der Waals surface area (Å²) in [4.78, 5) is 20.1. The molecule has 0 fully saturated rings. The zero-order valence-corrected chi connectivity index (χ0v) is 18.4. The number of furan rings is 1. The van der Waals surface area contributed by atoms with Gasteiger partial charge in [0.05, 0.1) is 0 Å². The molecular formula is C22H40O7. The number of hydrogen-bond acceptors (Lipinski definition) is 5. The molecule has 0 aromatic carbocycles. The van der Waals surface area contributed by atoms with Crippen LogP contribution in [0.15, 0.2) is 16.5 Å². The fourth-order valence-corrected chi connectivity index (χ4v) is 2.25. The van der Waals surface area contributed by atoms with Crippen LogP contribution in [0.5, 0.6) is 0 Å². The van der Waals surface area contributed by atoms with E-state index in [-0.39, 0.29) is 13.2 Å². The van der Waals surface area contributed by atoms with Crippen molar-refractivity contribution in [2.75, 3.05) is 0 Å². The number of carboxylic acids is 2. The molecule has 0 amide bonds. The van der Waals surface area contributed by atoms with E-state index in [1.165, 1.54) is 0 Å². The van der Waals surface area contributed by atoms with Crippen LogP contribution in [-0.2, 0) is 22.8 Å². The summed E-state index contributed by atoms with van der Waals surface area (Å²) in [6.07, 6.45) is 6.69. The van der Waals surface area contributed by atoms with Gasteiger partial charge < -0.3 is 24.8 Å². The number of carbonyl (C=O) groups is 2. The van der Waals surface area contributed by atoms with Crippen LogP contribution < -0.4 is 0 Å². The third kappa shape index (κ3) is 24.1. The number of aliphatic hydroxyl groups excluding tert-OH is 2. The normalized spacial score (nSPS) is 10.2. The monoisotopic (exact) mass is 416 g/mol. The second kappa shape index (κ2) is 19.5. The average Bonchev–Trinajstić information content (AvgIpc) is 3.11. The molecule has 170 valence electrons. The Morgan fingerprint density at radius 2 is 1.10 bits per heavy atom. The quantitative estimate of drug-likeness (QED) is 0.359. The van der Waals surface area contributed by atoms with Gasteiger partial charge >= 0.3 is 11.9 Å². The van der Waals surface area contributed by atoms with Crippen molar-refractivity contribution in [3.8, 4) is 0 Å². The highest BCUT2D eigenvalue weighted by Gasteiger charge is 1.98. The highest BCUT2D eigenvalue weighted by molar-refractivity contribution is 5.66. The number of aliphatic carboxylic acids is 2. The number of unbranched alkanes of at least 4 members (excludes halogenated alkanes) is 2. The van der Waals surface area contributed by atoms with E-state index >= 15 is 0 Å². The van der Waals surface area contributed by atoms with E-state index in [1.807, 2.05) is 0 Å². The van der Waals surface area contributed by atoms with Crippen molar-refractivity contribution in [3.63, 3.8) is 0 Å². The molecule has 1 heterocycles. The maximum atomic E-state index is 10.0. The van der Waals surface area contributed by atoms with Crippen molar-refractivity contribution in [1.29, 1.82) is 0 Å². The lowest BCUT2D eigenvalue weighted by molar-refractivity contribution is -0.138. The van der Waals surface area contributed by atoms with Crippen molar-refractivity contribution in [3.05, 3.63) is 23.7 Å². The molecule has 7 heteroatoms. The molecular weight excluding hydrogens is 376 g/mol. The van der Waals surface area contributed by atoms with Gasteiger partial charge in [-0.2, -0.15) is 0 Å². The van der Waals surface area contributed by atoms with Crippen LogP contribution in [0.1, 0.15) is 90.6 Å². The Kier molecular flexibility index (Phi) is 19.7. The third-order valence-corrected chi connectivity index (χ3v) is 3.87. The van der Waals surface area contributed by atoms with Crippen LogP contribution in [0.25, 0.3) is 0 Å². The molecule has 0 bridgehead atoms. The molecule has 0 saturated heterocycles. The minimum atomic E-state index is -0.677. The van der Waals surface area contributed by atoms with Gasteiger partial charge in [-0.3, -0.25) is 9.59 Å². The van der Waals surface area contributed by atoms with E-state index < -0.39 is 11.9 Å². The van der Waals surface area contributed by atoms with Gasteiger partial charge in [-0.25, -0.2) is 0 Å². The van der Waals surface area contributed by atoms with Crippen molar-refractivity contribution in [2.45, 2.75) is 92.3 Å². The smallest absolute Gasteiger partial charge is 0.303 e. The molecule has 0 radical (unpaired) electrons. The zero-order valence-electron chi connectivity index (χ0n) is 18.4. The first kappa shape index (κ1) is 29.3. The van der Waals surface area contributed by atoms with E-state index in [0.717, 1.165) is 38.5 Å². The molecule has 0 saturated carbocycles. The molecule has 1 aromatic rings. The highest BCUT2D eigenvalue weighted by Crippen LogP contribution is 2.08. The standard InChI is InChI=1S/2C8H16O2.C6H8O3/c2*1-7(2)5-3-4-6-8(9)10;7-3-5-1-2-6(4-8)9-5/h2*7H,3-6H2,1-2H3,(H,9,10);1-2,7-8H,3-4H2. The highest BCUT2D eigenvalue weighted by atomic mass is 16.4. The average molecular weight is 417 g/mol. The first-order valence-corrected chi connectivity index (χ1v) is 10.3. The molecule has 0 unspecified atom stereocenters. The van der Waals surface area contributed by atoms with Crippen LogP contribution in [-0.4, -0.2) is 32.4 Å². The Morgan fingerprint density at radius 1 is 0.759 bits per heavy atom. The van der Waals surface area contributed by atoms with Gasteiger partial charge in [0.25, 0.3) is 0 Å². The summed E-state index contributed by atoms with van der Waals surface area (Å²) in [7, 11) is 0. The lowest BCUT2D eigenvalue weighted by atomic mass is 10.1. The van der Waals surface area contributed by atoms with E-state index in [2.05, 4.69) is 27.7 Å². The van der Waals surface area contributed by atoms with Gasteiger partial charge in [-0.15, -0.1) is 0 Å². The van der Waals surface area contributed by atoms with Crippen LogP contribution in [0.3, 0.4) is 0 Å². The fraction of sp³-hybridized carbons (Fsp3) is 0.727. The second-order valence-electron chi connectivity index (χ2n) is 7.75. The second-order valence-corrected chi connectivity index (χ2v) is 7.75. The zero-order chi connectivity index (χ0) is 22.7. The molecule has 0 aliphatic rings. The van der Waals surface area contributed by atoms with E-state index in [0.29, 0.717) is 36.2 Å². The van der Waals surface area contributed by atoms with Crippen molar-refractivity contribution >= 4 is 11.9 Å². The maximum Gasteiger partial charge on any atom is 0.303 e.